The van der Waals surface area contributed by atoms with E-state index in [9.17, 15) is 22.8 Å². The number of ether oxygens (including phenoxy) is 1. The maximum Gasteiger partial charge on any atom is 0.416 e. The van der Waals surface area contributed by atoms with Crippen LogP contribution < -0.4 is 5.56 Å². The molecule has 4 aromatic rings. The van der Waals surface area contributed by atoms with Gasteiger partial charge in [0.2, 0.25) is 0 Å². The average molecular weight is 561 g/mol. The normalized spacial score (nSPS) is 12.7. The van der Waals surface area contributed by atoms with Crippen molar-refractivity contribution in [3.63, 3.8) is 0 Å². The highest BCUT2D eigenvalue weighted by molar-refractivity contribution is 5.76. The molecule has 0 radical (unpaired) electrons. The van der Waals surface area contributed by atoms with Crippen molar-refractivity contribution in [3.05, 3.63) is 64.5 Å². The molecule has 0 spiro atoms. The van der Waals surface area contributed by atoms with Crippen LogP contribution in [0.5, 0.6) is 0 Å². The van der Waals surface area contributed by atoms with Gasteiger partial charge in [-0.1, -0.05) is 25.5 Å². The van der Waals surface area contributed by atoms with Crippen molar-refractivity contribution in [1.29, 1.82) is 0 Å². The van der Waals surface area contributed by atoms with Crippen molar-refractivity contribution in [2.24, 2.45) is 0 Å². The molecule has 14 heteroatoms. The zero-order valence-corrected chi connectivity index (χ0v) is 22.6. The number of aromatic nitrogens is 6. The summed E-state index contributed by atoms with van der Waals surface area (Å²) in [5.41, 5.74) is -0.0348. The lowest BCUT2D eigenvalue weighted by atomic mass is 10.1. The molecule has 11 nitrogen and oxygen atoms in total. The monoisotopic (exact) mass is 560 g/mol. The lowest BCUT2D eigenvalue weighted by molar-refractivity contribution is -0.137. The summed E-state index contributed by atoms with van der Waals surface area (Å²) in [6.07, 6.45) is -0.538. The summed E-state index contributed by atoms with van der Waals surface area (Å²) in [7, 11) is 5.43. The number of carbonyl (C=O) groups is 1. The van der Waals surface area contributed by atoms with Crippen LogP contribution in [0.2, 0.25) is 0 Å². The maximum absolute atomic E-state index is 13.2. The van der Waals surface area contributed by atoms with Crippen LogP contribution in [0.4, 0.5) is 18.0 Å². The van der Waals surface area contributed by atoms with Crippen molar-refractivity contribution in [2.45, 2.75) is 38.7 Å². The first kappa shape index (κ1) is 28.8. The predicted molar refractivity (Wildman–Crippen MR) is 142 cm³/mol. The Morgan fingerprint density at radius 2 is 1.98 bits per heavy atom. The number of alkyl halides is 3. The zero-order valence-electron chi connectivity index (χ0n) is 22.6. The Bertz CT molecular complexity index is 1530. The van der Waals surface area contributed by atoms with Gasteiger partial charge in [-0.05, 0) is 31.8 Å². The summed E-state index contributed by atoms with van der Waals surface area (Å²) in [5.74, 6) is 0.289. The lowest BCUT2D eigenvalue weighted by Gasteiger charge is -2.25. The van der Waals surface area contributed by atoms with Gasteiger partial charge in [-0.15, -0.1) is 0 Å². The molecule has 1 atom stereocenters. The number of halogens is 3. The van der Waals surface area contributed by atoms with Crippen LogP contribution in [0.15, 0.2) is 47.8 Å². The van der Waals surface area contributed by atoms with E-state index in [1.54, 1.807) is 19.3 Å². The molecule has 214 valence electrons. The summed E-state index contributed by atoms with van der Waals surface area (Å²) < 4.78 is 48.4. The second-order valence-corrected chi connectivity index (χ2v) is 9.69. The van der Waals surface area contributed by atoms with Gasteiger partial charge in [0.25, 0.3) is 5.56 Å². The van der Waals surface area contributed by atoms with Crippen LogP contribution in [0, 0.1) is 0 Å². The number of hydrogen-bond donors (Lipinski definition) is 1. The minimum absolute atomic E-state index is 0.0764. The van der Waals surface area contributed by atoms with Crippen LogP contribution in [0.3, 0.4) is 0 Å². The van der Waals surface area contributed by atoms with Crippen LogP contribution in [0.25, 0.3) is 22.6 Å². The largest absolute Gasteiger partial charge is 0.425 e. The number of aromatic amines is 1. The summed E-state index contributed by atoms with van der Waals surface area (Å²) in [6, 6.07) is 5.01. The zero-order chi connectivity index (χ0) is 29.0. The minimum atomic E-state index is -4.46. The maximum atomic E-state index is 13.2. The number of hydrogen-bond acceptors (Lipinski definition) is 7. The van der Waals surface area contributed by atoms with Gasteiger partial charge in [0, 0.05) is 32.8 Å². The first-order valence-corrected chi connectivity index (χ1v) is 12.7. The van der Waals surface area contributed by atoms with Gasteiger partial charge in [0.15, 0.2) is 17.4 Å². The quantitative estimate of drug-likeness (QED) is 0.312. The summed E-state index contributed by atoms with van der Waals surface area (Å²) in [6.45, 7) is 3.07. The van der Waals surface area contributed by atoms with Gasteiger partial charge >= 0.3 is 12.3 Å². The highest BCUT2D eigenvalue weighted by Gasteiger charge is 2.30. The van der Waals surface area contributed by atoms with E-state index >= 15 is 0 Å². The van der Waals surface area contributed by atoms with Crippen molar-refractivity contribution in [1.82, 2.24) is 39.1 Å². The standard InChI is InChI=1S/C26H31F3N8O3/c1-5-7-20(40-25(39)35(4)11-10-34(2)3)37-21-22(30-16-31-24(21)38)33-23(37)18-13-32-36(15-18)14-17-8-6-9-19(12-17)26(27,28)29/h6,8-9,12-13,15-16,20H,5,7,10-11,14H2,1-4H3,(H,30,31,38). The van der Waals surface area contributed by atoms with E-state index < -0.39 is 29.6 Å². The van der Waals surface area contributed by atoms with Crippen molar-refractivity contribution in [2.75, 3.05) is 34.2 Å². The van der Waals surface area contributed by atoms with Gasteiger partial charge in [0.1, 0.15) is 5.82 Å². The third kappa shape index (κ3) is 6.50. The smallest absolute Gasteiger partial charge is 0.416 e. The number of rotatable bonds is 10. The molecule has 3 heterocycles. The Labute approximate surface area is 228 Å². The molecule has 0 aliphatic heterocycles. The number of benzene rings is 1. The van der Waals surface area contributed by atoms with Gasteiger partial charge in [-0.25, -0.2) is 14.8 Å². The molecule has 1 N–H and O–H groups in total. The van der Waals surface area contributed by atoms with Gasteiger partial charge in [-0.3, -0.25) is 14.0 Å². The molecular weight excluding hydrogens is 529 g/mol. The predicted octanol–water partition coefficient (Wildman–Crippen LogP) is 3.98. The summed E-state index contributed by atoms with van der Waals surface area (Å²) in [5, 5.41) is 4.30. The third-order valence-electron chi connectivity index (χ3n) is 6.24. The van der Waals surface area contributed by atoms with Crippen LogP contribution in [-0.2, 0) is 17.5 Å². The Balaban J connectivity index is 1.70. The fourth-order valence-electron chi connectivity index (χ4n) is 4.16. The van der Waals surface area contributed by atoms with E-state index in [1.807, 2.05) is 25.9 Å². The number of nitrogens with one attached hydrogen (secondary N) is 1. The topological polar surface area (TPSA) is 114 Å². The number of carbonyl (C=O) groups excluding carboxylic acids is 1. The second kappa shape index (κ2) is 11.9. The minimum Gasteiger partial charge on any atom is -0.425 e. The Hall–Kier alpha value is -4.20. The molecule has 1 aromatic carbocycles. The summed E-state index contributed by atoms with van der Waals surface area (Å²) >= 11 is 0. The lowest BCUT2D eigenvalue weighted by Crippen LogP contribution is -2.35. The number of likely N-dealkylation sites (N-methyl/N-ethyl adjacent to an activating group) is 2. The molecule has 0 bridgehead atoms. The highest BCUT2D eigenvalue weighted by Crippen LogP contribution is 2.31. The van der Waals surface area contributed by atoms with Crippen LogP contribution >= 0.6 is 0 Å². The van der Waals surface area contributed by atoms with E-state index in [-0.39, 0.29) is 23.5 Å². The van der Waals surface area contributed by atoms with Crippen molar-refractivity contribution >= 4 is 17.3 Å². The Kier molecular flexibility index (Phi) is 8.57. The molecule has 0 saturated heterocycles. The number of imidazole rings is 1. The first-order chi connectivity index (χ1) is 19.0. The molecule has 0 aliphatic rings. The first-order valence-electron chi connectivity index (χ1n) is 12.7. The molecule has 3 aromatic heterocycles. The van der Waals surface area contributed by atoms with Gasteiger partial charge in [0.05, 0.1) is 30.2 Å². The van der Waals surface area contributed by atoms with E-state index in [4.69, 9.17) is 4.74 Å². The number of nitrogens with zero attached hydrogens (tertiary/aromatic N) is 7. The fraction of sp³-hybridized carbons (Fsp3) is 0.423. The summed E-state index contributed by atoms with van der Waals surface area (Å²) in [4.78, 5) is 40.5. The number of fused-ring (bicyclic) bond motifs is 1. The van der Waals surface area contributed by atoms with Crippen LogP contribution in [0.1, 0.15) is 37.1 Å². The van der Waals surface area contributed by atoms with Crippen molar-refractivity contribution < 1.29 is 22.7 Å². The molecule has 0 saturated carbocycles. The molecule has 1 amide bonds. The Morgan fingerprint density at radius 1 is 1.20 bits per heavy atom. The number of amides is 1. The fourth-order valence-corrected chi connectivity index (χ4v) is 4.16. The molecule has 0 fully saturated rings. The highest BCUT2D eigenvalue weighted by atomic mass is 19.4. The van der Waals surface area contributed by atoms with E-state index in [0.29, 0.717) is 37.1 Å². The van der Waals surface area contributed by atoms with Crippen LogP contribution in [-0.4, -0.2) is 79.4 Å². The van der Waals surface area contributed by atoms with E-state index in [2.05, 4.69) is 20.1 Å². The average Bonchev–Trinajstić information content (AvgIpc) is 3.52. The molecular formula is C26H31F3N8O3. The second-order valence-electron chi connectivity index (χ2n) is 9.69. The molecule has 4 rings (SSSR count). The third-order valence-corrected chi connectivity index (χ3v) is 6.24. The SMILES string of the molecule is CCCC(OC(=O)N(C)CCN(C)C)n1c(-c2cnn(Cc3cccc(C(F)(F)F)c3)c2)nc2nc[nH]c(=O)c21. The molecule has 0 aliphatic carbocycles. The van der Waals surface area contributed by atoms with Gasteiger partial charge in [-0.2, -0.15) is 18.3 Å². The van der Waals surface area contributed by atoms with E-state index in [1.165, 1.54) is 32.7 Å². The Morgan fingerprint density at radius 3 is 2.67 bits per heavy atom. The molecule has 1 unspecified atom stereocenters. The van der Waals surface area contributed by atoms with E-state index in [0.717, 1.165) is 12.1 Å². The van der Waals surface area contributed by atoms with Gasteiger partial charge < -0.3 is 19.5 Å². The number of H-pyrrole nitrogens is 1. The molecule has 40 heavy (non-hydrogen) atoms. The van der Waals surface area contributed by atoms with Crippen molar-refractivity contribution in [3.8, 4) is 11.4 Å².